The molecule has 3 atom stereocenters. The van der Waals surface area contributed by atoms with Gasteiger partial charge in [-0.1, -0.05) is 48.0 Å². The number of hydrogen-bond donors (Lipinski definition) is 5. The molecule has 0 bridgehead atoms. The number of phenols is 1. The normalized spacial score (nSPS) is 13.8. The first-order valence-electron chi connectivity index (χ1n) is 11.3. The van der Waals surface area contributed by atoms with Gasteiger partial charge in [-0.3, -0.25) is 4.90 Å². The molecule has 0 aromatic heterocycles. The summed E-state index contributed by atoms with van der Waals surface area (Å²) in [5.41, 5.74) is 3.49. The summed E-state index contributed by atoms with van der Waals surface area (Å²) in [6, 6.07) is 17.5. The molecular weight excluding hydrogens is 438 g/mol. The van der Waals surface area contributed by atoms with E-state index in [9.17, 15) is 14.7 Å². The smallest absolute Gasteiger partial charge is 0.335 e. The van der Waals surface area contributed by atoms with E-state index in [2.05, 4.69) is 69.9 Å². The van der Waals surface area contributed by atoms with Crippen molar-refractivity contribution in [3.63, 3.8) is 0 Å². The molecule has 0 saturated carbocycles. The van der Waals surface area contributed by atoms with Crippen molar-refractivity contribution in [2.75, 3.05) is 6.54 Å². The number of aliphatic hydroxyl groups is 2. The molecule has 8 heteroatoms. The molecule has 0 amide bonds. The van der Waals surface area contributed by atoms with Gasteiger partial charge in [0, 0.05) is 23.6 Å². The van der Waals surface area contributed by atoms with Crippen molar-refractivity contribution in [2.45, 2.75) is 71.2 Å². The number of aromatic hydroxyl groups is 1. The van der Waals surface area contributed by atoms with Gasteiger partial charge in [-0.25, -0.2) is 9.59 Å². The molecular formula is C26H37NO7. The van der Waals surface area contributed by atoms with Gasteiger partial charge in [-0.2, -0.15) is 0 Å². The predicted octanol–water partition coefficient (Wildman–Crippen LogP) is 3.22. The van der Waals surface area contributed by atoms with E-state index in [0.717, 1.165) is 18.5 Å². The lowest BCUT2D eigenvalue weighted by Crippen LogP contribution is -2.39. The molecule has 8 nitrogen and oxygen atoms in total. The van der Waals surface area contributed by atoms with E-state index in [1.807, 2.05) is 18.2 Å². The summed E-state index contributed by atoms with van der Waals surface area (Å²) in [7, 11) is 0. The van der Waals surface area contributed by atoms with Crippen molar-refractivity contribution in [3.8, 4) is 5.75 Å². The van der Waals surface area contributed by atoms with Crippen LogP contribution in [0.2, 0.25) is 0 Å². The maximum atomic E-state index is 10.4. The van der Waals surface area contributed by atoms with Crippen LogP contribution in [0.5, 0.6) is 5.75 Å². The van der Waals surface area contributed by atoms with E-state index >= 15 is 0 Å². The monoisotopic (exact) mass is 475 g/mol. The molecule has 0 saturated heterocycles. The van der Waals surface area contributed by atoms with E-state index in [0.29, 0.717) is 17.8 Å². The third kappa shape index (κ3) is 8.78. The number of carboxylic acid groups (broad SMARTS) is 2. The zero-order valence-electron chi connectivity index (χ0n) is 20.4. The van der Waals surface area contributed by atoms with Crippen LogP contribution in [0, 0.1) is 6.92 Å². The van der Waals surface area contributed by atoms with Crippen molar-refractivity contribution >= 4 is 11.9 Å². The first-order valence-corrected chi connectivity index (χ1v) is 11.3. The van der Waals surface area contributed by atoms with Crippen molar-refractivity contribution < 1.29 is 35.1 Å². The number of rotatable bonds is 10. The summed E-state index contributed by atoms with van der Waals surface area (Å²) >= 11 is 0. The van der Waals surface area contributed by atoms with E-state index in [-0.39, 0.29) is 5.92 Å². The van der Waals surface area contributed by atoms with Crippen LogP contribution in [0.1, 0.15) is 56.7 Å². The molecule has 0 heterocycles. The molecule has 2 aromatic carbocycles. The van der Waals surface area contributed by atoms with Crippen molar-refractivity contribution in [1.29, 1.82) is 0 Å². The maximum Gasteiger partial charge on any atom is 0.335 e. The van der Waals surface area contributed by atoms with Crippen LogP contribution >= 0.6 is 0 Å². The Bertz CT molecular complexity index is 889. The summed E-state index contributed by atoms with van der Waals surface area (Å²) in [5.74, 6) is -2.93. The molecule has 0 fully saturated rings. The van der Waals surface area contributed by atoms with E-state index in [1.54, 1.807) is 0 Å². The second kappa shape index (κ2) is 13.7. The van der Waals surface area contributed by atoms with Gasteiger partial charge in [0.1, 0.15) is 5.75 Å². The molecule has 0 aliphatic heterocycles. The Balaban J connectivity index is 0.000000489. The minimum absolute atomic E-state index is 0.214. The molecule has 188 valence electrons. The Hall–Kier alpha value is -2.94. The fraction of sp³-hybridized carbons (Fsp3) is 0.462. The Morgan fingerprint density at radius 3 is 1.79 bits per heavy atom. The van der Waals surface area contributed by atoms with Gasteiger partial charge in [-0.05, 0) is 59.2 Å². The number of carboxylic acids is 2. The third-order valence-corrected chi connectivity index (χ3v) is 5.57. The first kappa shape index (κ1) is 29.1. The van der Waals surface area contributed by atoms with Gasteiger partial charge in [0.25, 0.3) is 0 Å². The van der Waals surface area contributed by atoms with Gasteiger partial charge < -0.3 is 25.5 Å². The topological polar surface area (TPSA) is 139 Å². The first-order chi connectivity index (χ1) is 15.9. The molecule has 0 radical (unpaired) electrons. The number of aliphatic carboxylic acids is 2. The minimum Gasteiger partial charge on any atom is -0.508 e. The lowest BCUT2D eigenvalue weighted by atomic mass is 9.87. The fourth-order valence-corrected chi connectivity index (χ4v) is 3.80. The molecule has 2 aromatic rings. The molecule has 0 aliphatic rings. The van der Waals surface area contributed by atoms with Crippen LogP contribution in [-0.4, -0.2) is 73.2 Å². The molecule has 5 N–H and O–H groups in total. The predicted molar refractivity (Wildman–Crippen MR) is 130 cm³/mol. The summed E-state index contributed by atoms with van der Waals surface area (Å²) < 4.78 is 0. The van der Waals surface area contributed by atoms with E-state index in [4.69, 9.17) is 20.4 Å². The van der Waals surface area contributed by atoms with E-state index < -0.39 is 24.1 Å². The Morgan fingerprint density at radius 2 is 1.35 bits per heavy atom. The Kier molecular flexibility index (Phi) is 11.7. The minimum atomic E-state index is -2.27. The van der Waals surface area contributed by atoms with Crippen LogP contribution in [0.15, 0.2) is 48.5 Å². The Labute approximate surface area is 201 Å². The summed E-state index contributed by atoms with van der Waals surface area (Å²) in [4.78, 5) is 22.1. The quantitative estimate of drug-likeness (QED) is 0.353. The van der Waals surface area contributed by atoms with Gasteiger partial charge in [0.05, 0.1) is 0 Å². The number of carbonyl (C=O) groups is 2. The summed E-state index contributed by atoms with van der Waals surface area (Å²) in [6.07, 6.45) is -3.54. The Morgan fingerprint density at radius 1 is 0.853 bits per heavy atom. The zero-order valence-corrected chi connectivity index (χ0v) is 20.4. The number of nitrogens with zero attached hydrogens (tertiary/aromatic N) is 1. The summed E-state index contributed by atoms with van der Waals surface area (Å²) in [6.45, 7) is 12.1. The largest absolute Gasteiger partial charge is 0.508 e. The van der Waals surface area contributed by atoms with Crippen LogP contribution in [-0.2, 0) is 9.59 Å². The SMILES string of the molecule is Cc1ccc(O)c(C(CCN(C(C)C)C(C)C)c2ccccc2)c1.O=C(O)C(O)C(O)C(=O)O. The average Bonchev–Trinajstić information content (AvgIpc) is 2.78. The lowest BCUT2D eigenvalue weighted by molar-refractivity contribution is -0.165. The maximum absolute atomic E-state index is 10.4. The highest BCUT2D eigenvalue weighted by atomic mass is 16.4. The number of aliphatic hydroxyl groups excluding tert-OH is 2. The second-order valence-electron chi connectivity index (χ2n) is 8.81. The number of benzene rings is 2. The standard InChI is InChI=1S/C22H31NO.C4H6O6/c1-16(2)23(17(3)4)14-13-20(19-9-7-6-8-10-19)21-15-18(5)11-12-22(21)24;5-1(3(7)8)2(6)4(9)10/h6-12,15-17,20,24H,13-14H2,1-5H3;1-2,5-6H,(H,7,8)(H,9,10). The third-order valence-electron chi connectivity index (χ3n) is 5.57. The number of aryl methyl sites for hydroxylation is 1. The van der Waals surface area contributed by atoms with Crippen LogP contribution in [0.3, 0.4) is 0 Å². The van der Waals surface area contributed by atoms with Gasteiger partial charge in [0.2, 0.25) is 0 Å². The molecule has 2 rings (SSSR count). The highest BCUT2D eigenvalue weighted by Crippen LogP contribution is 2.35. The van der Waals surface area contributed by atoms with Crippen LogP contribution < -0.4 is 0 Å². The highest BCUT2D eigenvalue weighted by molar-refractivity contribution is 5.83. The number of hydrogen-bond acceptors (Lipinski definition) is 6. The molecule has 0 aliphatic carbocycles. The fourth-order valence-electron chi connectivity index (χ4n) is 3.80. The van der Waals surface area contributed by atoms with Gasteiger partial charge >= 0.3 is 11.9 Å². The number of phenolic OH excluding ortho intramolecular Hbond substituents is 1. The molecule has 3 unspecified atom stereocenters. The van der Waals surface area contributed by atoms with Gasteiger partial charge in [0.15, 0.2) is 12.2 Å². The zero-order chi connectivity index (χ0) is 26.0. The van der Waals surface area contributed by atoms with Crippen molar-refractivity contribution in [1.82, 2.24) is 4.90 Å². The average molecular weight is 476 g/mol. The highest BCUT2D eigenvalue weighted by Gasteiger charge is 2.29. The molecule has 0 spiro atoms. The van der Waals surface area contributed by atoms with Gasteiger partial charge in [-0.15, -0.1) is 0 Å². The second-order valence-corrected chi connectivity index (χ2v) is 8.81. The summed E-state index contributed by atoms with van der Waals surface area (Å²) in [5, 5.41) is 43.0. The van der Waals surface area contributed by atoms with Crippen molar-refractivity contribution in [3.05, 3.63) is 65.2 Å². The molecule has 34 heavy (non-hydrogen) atoms. The lowest BCUT2D eigenvalue weighted by Gasteiger charge is -2.32. The van der Waals surface area contributed by atoms with Crippen LogP contribution in [0.4, 0.5) is 0 Å². The van der Waals surface area contributed by atoms with E-state index in [1.165, 1.54) is 11.1 Å². The van der Waals surface area contributed by atoms with Crippen molar-refractivity contribution in [2.24, 2.45) is 0 Å². The van der Waals surface area contributed by atoms with Crippen LogP contribution in [0.25, 0.3) is 0 Å².